The summed E-state index contributed by atoms with van der Waals surface area (Å²) < 4.78 is 6.85. The lowest BCUT2D eigenvalue weighted by atomic mass is 9.74. The van der Waals surface area contributed by atoms with Gasteiger partial charge in [-0.1, -0.05) is 30.7 Å². The third kappa shape index (κ3) is 9.02. The summed E-state index contributed by atoms with van der Waals surface area (Å²) in [6.45, 7) is 8.28. The number of nitrogens with one attached hydrogen (secondary N) is 3. The lowest BCUT2D eigenvalue weighted by molar-refractivity contribution is -0.144. The molecule has 240 valence electrons. The Morgan fingerprint density at radius 2 is 1.95 bits per heavy atom. The molecule has 0 saturated carbocycles. The van der Waals surface area contributed by atoms with Gasteiger partial charge in [-0.3, -0.25) is 23.9 Å². The Labute approximate surface area is 257 Å². The van der Waals surface area contributed by atoms with Crippen molar-refractivity contribution in [3.8, 4) is 0 Å². The molecule has 14 heteroatoms. The van der Waals surface area contributed by atoms with Crippen molar-refractivity contribution in [1.29, 1.82) is 0 Å². The van der Waals surface area contributed by atoms with Crippen LogP contribution in [0.1, 0.15) is 59.1 Å². The number of aryl methyl sites for hydroxylation is 1. The number of carbonyl (C=O) groups excluding carboxylic acids is 4. The lowest BCUT2D eigenvalue weighted by Gasteiger charge is -2.35. The van der Waals surface area contributed by atoms with Crippen molar-refractivity contribution in [2.24, 2.45) is 11.3 Å². The number of aliphatic hydroxyl groups is 1. The number of amides is 4. The van der Waals surface area contributed by atoms with Crippen LogP contribution in [0.5, 0.6) is 0 Å². The van der Waals surface area contributed by atoms with Gasteiger partial charge in [0.25, 0.3) is 0 Å². The van der Waals surface area contributed by atoms with Crippen LogP contribution in [0.25, 0.3) is 0 Å². The van der Waals surface area contributed by atoms with E-state index in [2.05, 4.69) is 46.2 Å². The van der Waals surface area contributed by atoms with E-state index in [4.69, 9.17) is 4.74 Å². The maximum absolute atomic E-state index is 13.4. The molecule has 5 atom stereocenters. The number of hydrogen-bond donors (Lipinski definition) is 4. The molecule has 0 spiro atoms. The van der Waals surface area contributed by atoms with E-state index in [1.54, 1.807) is 17.8 Å². The molecule has 3 rings (SSSR count). The number of fused-ring (bicyclic) bond motifs is 4. The van der Waals surface area contributed by atoms with Gasteiger partial charge in [-0.15, -0.1) is 5.10 Å². The third-order valence-electron chi connectivity index (χ3n) is 8.60. The average molecular weight is 622 g/mol. The molecule has 4 bridgehead atoms. The van der Waals surface area contributed by atoms with Crippen molar-refractivity contribution >= 4 is 35.4 Å². The van der Waals surface area contributed by atoms with E-state index in [1.165, 1.54) is 36.3 Å². The third-order valence-corrected chi connectivity index (χ3v) is 9.24. The van der Waals surface area contributed by atoms with Crippen molar-refractivity contribution in [3.05, 3.63) is 23.5 Å². The monoisotopic (exact) mass is 621 g/mol. The largest absolute Gasteiger partial charge is 0.391 e. The second-order valence-corrected chi connectivity index (χ2v) is 12.9. The molecular formula is C29H47N7O6S. The van der Waals surface area contributed by atoms with E-state index in [1.807, 2.05) is 6.26 Å². The van der Waals surface area contributed by atoms with Crippen LogP contribution in [0.3, 0.4) is 0 Å². The molecule has 0 aromatic carbocycles. The molecule has 1 aromatic heterocycles. The lowest BCUT2D eigenvalue weighted by Crippen LogP contribution is -2.60. The highest BCUT2D eigenvalue weighted by Crippen LogP contribution is 2.46. The normalized spacial score (nSPS) is 26.4. The van der Waals surface area contributed by atoms with Crippen LogP contribution in [0.4, 0.5) is 0 Å². The molecular weight excluding hydrogens is 574 g/mol. The van der Waals surface area contributed by atoms with Gasteiger partial charge in [0.15, 0.2) is 0 Å². The summed E-state index contributed by atoms with van der Waals surface area (Å²) in [6, 6.07) is -3.17. The first-order valence-electron chi connectivity index (χ1n) is 14.8. The van der Waals surface area contributed by atoms with E-state index in [0.29, 0.717) is 37.4 Å². The van der Waals surface area contributed by atoms with Gasteiger partial charge in [-0.25, -0.2) is 0 Å². The summed E-state index contributed by atoms with van der Waals surface area (Å²) in [4.78, 5) is 54.4. The zero-order chi connectivity index (χ0) is 31.7. The van der Waals surface area contributed by atoms with E-state index in [9.17, 15) is 24.3 Å². The quantitative estimate of drug-likeness (QED) is 0.333. The summed E-state index contributed by atoms with van der Waals surface area (Å²) in [5, 5.41) is 27.0. The fraction of sp³-hybridized carbons (Fsp3) is 0.724. The van der Waals surface area contributed by atoms with Crippen molar-refractivity contribution < 1.29 is 29.0 Å². The van der Waals surface area contributed by atoms with Crippen molar-refractivity contribution in [2.75, 3.05) is 32.3 Å². The van der Waals surface area contributed by atoms with Crippen LogP contribution in [-0.2, 0) is 37.0 Å². The molecule has 4 N–H and O–H groups in total. The highest BCUT2D eigenvalue weighted by molar-refractivity contribution is 7.98. The zero-order valence-electron chi connectivity index (χ0n) is 26.1. The molecule has 1 aliphatic heterocycles. The number of methoxy groups -OCH3 is 1. The topological polar surface area (TPSA) is 168 Å². The van der Waals surface area contributed by atoms with E-state index in [0.717, 1.165) is 12.8 Å². The first-order valence-corrected chi connectivity index (χ1v) is 16.2. The fourth-order valence-corrected chi connectivity index (χ4v) is 6.17. The summed E-state index contributed by atoms with van der Waals surface area (Å²) >= 11 is 1.53. The molecule has 1 aliphatic carbocycles. The van der Waals surface area contributed by atoms with Gasteiger partial charge in [-0.05, 0) is 62.9 Å². The molecule has 1 aromatic rings. The zero-order valence-corrected chi connectivity index (χ0v) is 26.9. The maximum atomic E-state index is 13.4. The summed E-state index contributed by atoms with van der Waals surface area (Å²) in [6.07, 6.45) is 7.34. The number of rotatable bonds is 6. The highest BCUT2D eigenvalue weighted by atomic mass is 32.2. The Bertz CT molecular complexity index is 1170. The Morgan fingerprint density at radius 3 is 2.63 bits per heavy atom. The number of carbonyl (C=O) groups is 4. The number of ether oxygens (including phenoxy) is 1. The standard InChI is InChI=1S/C29H47N7O6S/c1-18-26(39)32-25(19(2)37)28(41)31-23(11-14-43-6)27(40)30-15-22-16-35(34-33-22)12-9-20-7-8-21(29(20,3)4)10-13-36(18)24(38)17-42-5/h7,16,18-19,21,23,25,37H,8-15,17H2,1-6H3,(H,30,40)(H,31,41)(H,32,39)/t18-,19+,21+,23-,25-/m0/s1. The second kappa shape index (κ2) is 15.7. The van der Waals surface area contributed by atoms with Gasteiger partial charge < -0.3 is 30.7 Å². The molecule has 0 saturated heterocycles. The average Bonchev–Trinajstić information content (AvgIpc) is 3.53. The molecule has 4 amide bonds. The van der Waals surface area contributed by atoms with Crippen LogP contribution in [0.15, 0.2) is 17.8 Å². The van der Waals surface area contributed by atoms with Crippen molar-refractivity contribution in [3.63, 3.8) is 0 Å². The first kappa shape index (κ1) is 34.5. The predicted molar refractivity (Wildman–Crippen MR) is 163 cm³/mol. The molecule has 43 heavy (non-hydrogen) atoms. The second-order valence-electron chi connectivity index (χ2n) is 11.9. The number of thioether (sulfide) groups is 1. The van der Waals surface area contributed by atoms with E-state index < -0.39 is 42.0 Å². The van der Waals surface area contributed by atoms with Crippen LogP contribution in [-0.4, -0.2) is 105 Å². The van der Waals surface area contributed by atoms with Gasteiger partial charge in [-0.2, -0.15) is 11.8 Å². The van der Waals surface area contributed by atoms with Crippen molar-refractivity contribution in [1.82, 2.24) is 35.8 Å². The maximum Gasteiger partial charge on any atom is 0.249 e. The molecule has 0 unspecified atom stereocenters. The van der Waals surface area contributed by atoms with Crippen LogP contribution in [0, 0.1) is 11.3 Å². The SMILES string of the molecule is COCC(=O)N1CC[C@H]2CC=C(CCn3cc(nn3)CNC(=O)[C@H](CCSC)NC(=O)[C@H]([C@@H](C)O)NC(=O)[C@@H]1C)C2(C)C. The number of allylic oxidation sites excluding steroid dienone is 2. The highest BCUT2D eigenvalue weighted by Gasteiger charge is 2.38. The van der Waals surface area contributed by atoms with Gasteiger partial charge >= 0.3 is 0 Å². The summed E-state index contributed by atoms with van der Waals surface area (Å²) in [5.41, 5.74) is 1.77. The predicted octanol–water partition coefficient (Wildman–Crippen LogP) is 0.628. The molecule has 2 aliphatic rings. The number of aromatic nitrogens is 3. The molecule has 13 nitrogen and oxygen atoms in total. The minimum absolute atomic E-state index is 0.126. The van der Waals surface area contributed by atoms with Gasteiger partial charge in [0.1, 0.15) is 30.4 Å². The number of hydrogen-bond acceptors (Lipinski definition) is 9. The molecule has 0 radical (unpaired) electrons. The Morgan fingerprint density at radius 1 is 1.21 bits per heavy atom. The van der Waals surface area contributed by atoms with Crippen molar-refractivity contribution in [2.45, 2.75) is 90.7 Å². The number of aliphatic hydroxyl groups excluding tert-OH is 1. The Kier molecular flexibility index (Phi) is 12.6. The molecule has 0 fully saturated rings. The smallest absolute Gasteiger partial charge is 0.249 e. The van der Waals surface area contributed by atoms with E-state index >= 15 is 0 Å². The summed E-state index contributed by atoms with van der Waals surface area (Å²) in [7, 11) is 1.42. The Balaban J connectivity index is 1.91. The van der Waals surface area contributed by atoms with Crippen LogP contribution in [0.2, 0.25) is 0 Å². The van der Waals surface area contributed by atoms with Crippen LogP contribution >= 0.6 is 11.8 Å². The van der Waals surface area contributed by atoms with Crippen LogP contribution < -0.4 is 16.0 Å². The van der Waals surface area contributed by atoms with E-state index in [-0.39, 0.29) is 30.4 Å². The van der Waals surface area contributed by atoms with Gasteiger partial charge in [0.2, 0.25) is 23.6 Å². The summed E-state index contributed by atoms with van der Waals surface area (Å²) in [5.74, 6) is -1.20. The first-order chi connectivity index (χ1) is 20.4. The Hall–Kier alpha value is -2.97. The fourth-order valence-electron chi connectivity index (χ4n) is 5.69. The molecule has 2 heterocycles. The van der Waals surface area contributed by atoms with Gasteiger partial charge in [0.05, 0.1) is 18.8 Å². The minimum atomic E-state index is -1.34. The van der Waals surface area contributed by atoms with Gasteiger partial charge in [0, 0.05) is 20.2 Å². The minimum Gasteiger partial charge on any atom is -0.391 e. The number of nitrogens with zero attached hydrogens (tertiary/aromatic N) is 4.